The van der Waals surface area contributed by atoms with Gasteiger partial charge in [-0.3, -0.25) is 19.4 Å². The van der Waals surface area contributed by atoms with E-state index in [0.29, 0.717) is 18.0 Å². The molecule has 2 aromatic rings. The minimum Gasteiger partial charge on any atom is -0.497 e. The first kappa shape index (κ1) is 21.2. The Balaban J connectivity index is 1.44. The van der Waals surface area contributed by atoms with Gasteiger partial charge in [-0.2, -0.15) is 0 Å². The van der Waals surface area contributed by atoms with Crippen LogP contribution in [-0.2, 0) is 9.59 Å². The number of hydrogen-bond acceptors (Lipinski definition) is 5. The predicted octanol–water partition coefficient (Wildman–Crippen LogP) is 2.76. The topological polar surface area (TPSA) is 71.1 Å². The number of anilines is 1. The van der Waals surface area contributed by atoms with E-state index in [1.54, 1.807) is 13.2 Å². The van der Waals surface area contributed by atoms with Gasteiger partial charge in [-0.05, 0) is 55.8 Å². The van der Waals surface area contributed by atoms with Crippen molar-refractivity contribution in [1.82, 2.24) is 10.2 Å². The number of benzene rings is 2. The van der Waals surface area contributed by atoms with Gasteiger partial charge in [0, 0.05) is 6.54 Å². The minimum atomic E-state index is -0.211. The summed E-state index contributed by atoms with van der Waals surface area (Å²) in [6.45, 7) is 2.45. The minimum absolute atomic E-state index is 0.0193. The van der Waals surface area contributed by atoms with Gasteiger partial charge in [0.05, 0.1) is 18.8 Å². The standard InChI is InChI=1S/C24H29N3O4/c1-30-19-11-9-18(10-12-19)21(26-13-5-2-6-14-26)15-25-23(28)16-27-20-7-3-4-8-22(20)31-17-24(27)29/h3-4,7-12,21H,2,5-6,13-17H2,1H3,(H,25,28)/t21-/m1/s1. The second-order valence-electron chi connectivity index (χ2n) is 7.93. The van der Waals surface area contributed by atoms with Gasteiger partial charge in [0.25, 0.3) is 5.91 Å². The van der Waals surface area contributed by atoms with Gasteiger partial charge in [0.2, 0.25) is 5.91 Å². The molecule has 1 saturated heterocycles. The lowest BCUT2D eigenvalue weighted by atomic mass is 10.0. The van der Waals surface area contributed by atoms with Crippen molar-refractivity contribution in [2.24, 2.45) is 0 Å². The van der Waals surface area contributed by atoms with Crippen LogP contribution >= 0.6 is 0 Å². The van der Waals surface area contributed by atoms with Gasteiger partial charge in [-0.25, -0.2) is 0 Å². The highest BCUT2D eigenvalue weighted by Crippen LogP contribution is 2.31. The third-order valence-corrected chi connectivity index (χ3v) is 5.93. The lowest BCUT2D eigenvalue weighted by Crippen LogP contribution is -2.47. The molecule has 2 aliphatic rings. The van der Waals surface area contributed by atoms with Crippen molar-refractivity contribution in [2.75, 3.05) is 44.8 Å². The molecule has 0 aromatic heterocycles. The number of nitrogens with one attached hydrogen (secondary N) is 1. The van der Waals surface area contributed by atoms with Crippen LogP contribution < -0.4 is 19.7 Å². The molecule has 0 unspecified atom stereocenters. The second-order valence-corrected chi connectivity index (χ2v) is 7.93. The molecule has 7 heteroatoms. The van der Waals surface area contributed by atoms with Crippen LogP contribution in [0.1, 0.15) is 30.9 Å². The normalized spacial score (nSPS) is 17.5. The number of rotatable bonds is 7. The van der Waals surface area contributed by atoms with E-state index >= 15 is 0 Å². The molecule has 0 saturated carbocycles. The van der Waals surface area contributed by atoms with Crippen LogP contribution in [-0.4, -0.2) is 56.6 Å². The van der Waals surface area contributed by atoms with Crippen LogP contribution in [0.3, 0.4) is 0 Å². The first-order chi connectivity index (χ1) is 15.2. The summed E-state index contributed by atoms with van der Waals surface area (Å²) in [5.74, 6) is 1.05. The third-order valence-electron chi connectivity index (χ3n) is 5.93. The predicted molar refractivity (Wildman–Crippen MR) is 118 cm³/mol. The lowest BCUT2D eigenvalue weighted by molar-refractivity contribution is -0.125. The molecule has 2 aromatic carbocycles. The summed E-state index contributed by atoms with van der Waals surface area (Å²) in [5.41, 5.74) is 1.78. The van der Waals surface area contributed by atoms with Crippen molar-refractivity contribution in [3.8, 4) is 11.5 Å². The zero-order valence-corrected chi connectivity index (χ0v) is 17.9. The lowest BCUT2D eigenvalue weighted by Gasteiger charge is -2.35. The van der Waals surface area contributed by atoms with Crippen LogP contribution in [0.5, 0.6) is 11.5 Å². The quantitative estimate of drug-likeness (QED) is 0.742. The number of methoxy groups -OCH3 is 1. The zero-order valence-electron chi connectivity index (χ0n) is 17.9. The molecule has 0 bridgehead atoms. The molecular weight excluding hydrogens is 394 g/mol. The number of carbonyl (C=O) groups excluding carboxylic acids is 2. The van der Waals surface area contributed by atoms with Gasteiger partial charge in [0.1, 0.15) is 18.0 Å². The Kier molecular flexibility index (Phi) is 6.72. The van der Waals surface area contributed by atoms with Crippen LogP contribution in [0.4, 0.5) is 5.69 Å². The maximum atomic E-state index is 12.8. The van der Waals surface area contributed by atoms with E-state index < -0.39 is 0 Å². The molecule has 4 rings (SSSR count). The highest BCUT2D eigenvalue weighted by Gasteiger charge is 2.28. The fraction of sp³-hybridized carbons (Fsp3) is 0.417. The summed E-state index contributed by atoms with van der Waals surface area (Å²) < 4.78 is 10.7. The van der Waals surface area contributed by atoms with E-state index in [2.05, 4.69) is 22.3 Å². The highest BCUT2D eigenvalue weighted by atomic mass is 16.5. The fourth-order valence-electron chi connectivity index (χ4n) is 4.25. The third kappa shape index (κ3) is 4.99. The summed E-state index contributed by atoms with van der Waals surface area (Å²) in [6, 6.07) is 15.4. The van der Waals surface area contributed by atoms with Gasteiger partial charge in [0.15, 0.2) is 6.61 Å². The summed E-state index contributed by atoms with van der Waals surface area (Å²) in [6.07, 6.45) is 3.58. The molecule has 164 valence electrons. The average molecular weight is 424 g/mol. The van der Waals surface area contributed by atoms with Crippen LogP contribution in [0.15, 0.2) is 48.5 Å². The number of ether oxygens (including phenoxy) is 2. The van der Waals surface area contributed by atoms with Crippen molar-refractivity contribution in [2.45, 2.75) is 25.3 Å². The molecule has 1 atom stereocenters. The smallest absolute Gasteiger partial charge is 0.265 e. The Morgan fingerprint density at radius 2 is 1.84 bits per heavy atom. The van der Waals surface area contributed by atoms with Gasteiger partial charge < -0.3 is 14.8 Å². The van der Waals surface area contributed by atoms with Crippen LogP contribution in [0, 0.1) is 0 Å². The molecule has 0 aliphatic carbocycles. The molecule has 1 N–H and O–H groups in total. The summed E-state index contributed by atoms with van der Waals surface area (Å²) in [5, 5.41) is 3.06. The van der Waals surface area contributed by atoms with Gasteiger partial charge in [-0.1, -0.05) is 30.7 Å². The van der Waals surface area contributed by atoms with Crippen molar-refractivity contribution >= 4 is 17.5 Å². The number of carbonyl (C=O) groups is 2. The van der Waals surface area contributed by atoms with E-state index in [4.69, 9.17) is 9.47 Å². The number of para-hydroxylation sites is 2. The number of nitrogens with zero attached hydrogens (tertiary/aromatic N) is 2. The average Bonchev–Trinajstić information content (AvgIpc) is 2.82. The monoisotopic (exact) mass is 423 g/mol. The largest absolute Gasteiger partial charge is 0.497 e. The molecule has 31 heavy (non-hydrogen) atoms. The van der Waals surface area contributed by atoms with Crippen molar-refractivity contribution in [3.05, 3.63) is 54.1 Å². The second kappa shape index (κ2) is 9.83. The number of hydrogen-bond donors (Lipinski definition) is 1. The summed E-state index contributed by atoms with van der Waals surface area (Å²) in [7, 11) is 1.66. The Bertz CT molecular complexity index is 909. The van der Waals surface area contributed by atoms with Gasteiger partial charge >= 0.3 is 0 Å². The first-order valence-corrected chi connectivity index (χ1v) is 10.8. The van der Waals surface area contributed by atoms with E-state index in [0.717, 1.165) is 24.4 Å². The molecule has 7 nitrogen and oxygen atoms in total. The number of amides is 2. The van der Waals surface area contributed by atoms with E-state index in [1.165, 1.54) is 24.2 Å². The highest BCUT2D eigenvalue weighted by molar-refractivity contribution is 6.02. The van der Waals surface area contributed by atoms with Crippen molar-refractivity contribution in [3.63, 3.8) is 0 Å². The van der Waals surface area contributed by atoms with Crippen LogP contribution in [0.25, 0.3) is 0 Å². The Morgan fingerprint density at radius 1 is 1.10 bits per heavy atom. The molecule has 2 heterocycles. The van der Waals surface area contributed by atoms with E-state index in [9.17, 15) is 9.59 Å². The molecular formula is C24H29N3O4. The first-order valence-electron chi connectivity index (χ1n) is 10.8. The Morgan fingerprint density at radius 3 is 2.58 bits per heavy atom. The number of fused-ring (bicyclic) bond motifs is 1. The Labute approximate surface area is 182 Å². The summed E-state index contributed by atoms with van der Waals surface area (Å²) >= 11 is 0. The zero-order chi connectivity index (χ0) is 21.6. The fourth-order valence-corrected chi connectivity index (χ4v) is 4.25. The van der Waals surface area contributed by atoms with Crippen molar-refractivity contribution < 1.29 is 19.1 Å². The SMILES string of the molecule is COc1ccc([C@@H](CNC(=O)CN2C(=O)COc3ccccc32)N2CCCCC2)cc1. The number of likely N-dealkylation sites (tertiary alicyclic amines) is 1. The van der Waals surface area contributed by atoms with Gasteiger partial charge in [-0.15, -0.1) is 0 Å². The molecule has 1 fully saturated rings. The van der Waals surface area contributed by atoms with Crippen LogP contribution in [0.2, 0.25) is 0 Å². The Hall–Kier alpha value is -3.06. The number of piperidine rings is 1. The van der Waals surface area contributed by atoms with E-state index in [1.807, 2.05) is 30.3 Å². The van der Waals surface area contributed by atoms with Crippen molar-refractivity contribution in [1.29, 1.82) is 0 Å². The molecule has 2 amide bonds. The molecule has 2 aliphatic heterocycles. The molecule has 0 spiro atoms. The maximum Gasteiger partial charge on any atom is 0.265 e. The summed E-state index contributed by atoms with van der Waals surface area (Å²) in [4.78, 5) is 29.1. The van der Waals surface area contributed by atoms with E-state index in [-0.39, 0.29) is 31.0 Å². The molecule has 0 radical (unpaired) electrons. The maximum absolute atomic E-state index is 12.8.